The first-order valence-corrected chi connectivity index (χ1v) is 15.8. The molecule has 0 aliphatic heterocycles. The quantitative estimate of drug-likeness (QED) is 0.203. The Hall–Kier alpha value is -5.51. The van der Waals surface area contributed by atoms with Crippen LogP contribution in [0.3, 0.4) is 0 Å². The van der Waals surface area contributed by atoms with Gasteiger partial charge in [0.05, 0.1) is 16.1 Å². The number of benzene rings is 6. The van der Waals surface area contributed by atoms with Crippen LogP contribution in [0.2, 0.25) is 0 Å². The third-order valence-electron chi connectivity index (χ3n) is 8.69. The maximum atomic E-state index is 5.42. The second-order valence-corrected chi connectivity index (χ2v) is 12.2. The van der Waals surface area contributed by atoms with E-state index >= 15 is 0 Å². The van der Waals surface area contributed by atoms with E-state index in [0.717, 1.165) is 28.0 Å². The minimum Gasteiger partial charge on any atom is -0.230 e. The molecule has 0 N–H and O–H groups in total. The van der Waals surface area contributed by atoms with Gasteiger partial charge in [-0.1, -0.05) is 133 Å². The fourth-order valence-corrected chi connectivity index (χ4v) is 7.32. The molecule has 9 rings (SSSR count). The van der Waals surface area contributed by atoms with Gasteiger partial charge in [0.1, 0.15) is 5.69 Å². The van der Waals surface area contributed by atoms with Crippen molar-refractivity contribution in [1.29, 1.82) is 0 Å². The Morgan fingerprint density at radius 2 is 1.16 bits per heavy atom. The Morgan fingerprint density at radius 1 is 0.477 bits per heavy atom. The van der Waals surface area contributed by atoms with Gasteiger partial charge in [0.15, 0.2) is 0 Å². The SMILES string of the molecule is c1csc(-c2cc3ccccc3c3c(-c4ccc5ccccc5c4)c(-c4ccc(-c5cccc6ccccc56)cc4)nn23)c1. The molecule has 0 amide bonds. The van der Waals surface area contributed by atoms with Crippen molar-refractivity contribution in [2.75, 3.05) is 0 Å². The van der Waals surface area contributed by atoms with Gasteiger partial charge in [-0.3, -0.25) is 0 Å². The first-order valence-electron chi connectivity index (χ1n) is 14.9. The van der Waals surface area contributed by atoms with Crippen LogP contribution in [0.1, 0.15) is 0 Å². The summed E-state index contributed by atoms with van der Waals surface area (Å²) in [6, 6.07) is 54.7. The zero-order valence-corrected chi connectivity index (χ0v) is 24.6. The van der Waals surface area contributed by atoms with Crippen LogP contribution in [-0.4, -0.2) is 9.61 Å². The lowest BCUT2D eigenvalue weighted by atomic mass is 9.94. The molecule has 0 saturated carbocycles. The summed E-state index contributed by atoms with van der Waals surface area (Å²) in [6.07, 6.45) is 0. The zero-order chi connectivity index (χ0) is 29.0. The topological polar surface area (TPSA) is 17.3 Å². The van der Waals surface area contributed by atoms with Crippen LogP contribution in [0, 0.1) is 0 Å². The maximum Gasteiger partial charge on any atom is 0.101 e. The fraction of sp³-hybridized carbons (Fsp3) is 0. The lowest BCUT2D eigenvalue weighted by Crippen LogP contribution is -1.94. The molecule has 6 aromatic carbocycles. The Bertz CT molecular complexity index is 2480. The van der Waals surface area contributed by atoms with Gasteiger partial charge in [-0.2, -0.15) is 5.10 Å². The number of pyridine rings is 1. The van der Waals surface area contributed by atoms with Crippen molar-refractivity contribution in [3.8, 4) is 44.1 Å². The molecular weight excluding hydrogens is 553 g/mol. The van der Waals surface area contributed by atoms with Crippen molar-refractivity contribution in [3.63, 3.8) is 0 Å². The van der Waals surface area contributed by atoms with Crippen LogP contribution in [-0.2, 0) is 0 Å². The van der Waals surface area contributed by atoms with Crippen LogP contribution in [0.25, 0.3) is 81.9 Å². The van der Waals surface area contributed by atoms with Crippen LogP contribution in [0.5, 0.6) is 0 Å². The summed E-state index contributed by atoms with van der Waals surface area (Å²) >= 11 is 1.75. The van der Waals surface area contributed by atoms with Gasteiger partial charge in [0, 0.05) is 16.5 Å². The number of fused-ring (bicyclic) bond motifs is 5. The average molecular weight is 579 g/mol. The molecule has 3 heteroatoms. The highest BCUT2D eigenvalue weighted by atomic mass is 32.1. The summed E-state index contributed by atoms with van der Waals surface area (Å²) < 4.78 is 2.17. The number of rotatable bonds is 4. The Kier molecular flexibility index (Phi) is 5.71. The lowest BCUT2D eigenvalue weighted by Gasteiger charge is -2.10. The van der Waals surface area contributed by atoms with E-state index in [0.29, 0.717) is 0 Å². The number of aromatic nitrogens is 2. The normalized spacial score (nSPS) is 11.6. The number of hydrogen-bond donors (Lipinski definition) is 0. The summed E-state index contributed by atoms with van der Waals surface area (Å²) in [5, 5.41) is 14.9. The average Bonchev–Trinajstić information content (AvgIpc) is 3.77. The minimum atomic E-state index is 0.985. The molecule has 0 atom stereocenters. The molecule has 44 heavy (non-hydrogen) atoms. The number of thiophene rings is 1. The van der Waals surface area contributed by atoms with E-state index in [-0.39, 0.29) is 0 Å². The molecule has 0 spiro atoms. The molecule has 0 fully saturated rings. The highest BCUT2D eigenvalue weighted by Gasteiger charge is 2.22. The Labute approximate surface area is 259 Å². The summed E-state index contributed by atoms with van der Waals surface area (Å²) in [6.45, 7) is 0. The first-order chi connectivity index (χ1) is 21.8. The van der Waals surface area contributed by atoms with Crippen molar-refractivity contribution < 1.29 is 0 Å². The Morgan fingerprint density at radius 3 is 1.98 bits per heavy atom. The number of hydrogen-bond acceptors (Lipinski definition) is 2. The third kappa shape index (κ3) is 3.98. The standard InChI is InChI=1S/C41H26N2S/c1-2-11-31-25-33(23-18-27(31)9-1)39-40(30-21-19-29(20-22-30)35-16-7-13-28-10-3-5-14-34(28)35)42-43-37(38-17-8-24-44-38)26-32-12-4-6-15-36(32)41(39)43/h1-26H. The van der Waals surface area contributed by atoms with Crippen LogP contribution in [0.4, 0.5) is 0 Å². The summed E-state index contributed by atoms with van der Waals surface area (Å²) in [7, 11) is 0. The smallest absolute Gasteiger partial charge is 0.101 e. The minimum absolute atomic E-state index is 0.985. The molecule has 0 radical (unpaired) electrons. The second-order valence-electron chi connectivity index (χ2n) is 11.2. The largest absolute Gasteiger partial charge is 0.230 e. The fourth-order valence-electron chi connectivity index (χ4n) is 6.59. The van der Waals surface area contributed by atoms with Crippen molar-refractivity contribution in [2.45, 2.75) is 0 Å². The van der Waals surface area contributed by atoms with Crippen molar-refractivity contribution in [1.82, 2.24) is 9.61 Å². The van der Waals surface area contributed by atoms with Gasteiger partial charge in [0.2, 0.25) is 0 Å². The van der Waals surface area contributed by atoms with Gasteiger partial charge in [0.25, 0.3) is 0 Å². The summed E-state index contributed by atoms with van der Waals surface area (Å²) in [5.41, 5.74) is 9.09. The molecular formula is C41H26N2S. The van der Waals surface area contributed by atoms with Crippen molar-refractivity contribution >= 4 is 49.2 Å². The van der Waals surface area contributed by atoms with E-state index in [1.54, 1.807) is 11.3 Å². The van der Waals surface area contributed by atoms with Gasteiger partial charge in [-0.05, 0) is 67.2 Å². The zero-order valence-electron chi connectivity index (χ0n) is 23.8. The molecule has 3 aromatic heterocycles. The third-order valence-corrected chi connectivity index (χ3v) is 9.58. The van der Waals surface area contributed by atoms with Crippen LogP contribution in [0.15, 0.2) is 157 Å². The van der Waals surface area contributed by atoms with E-state index < -0.39 is 0 Å². The highest BCUT2D eigenvalue weighted by molar-refractivity contribution is 7.13. The van der Waals surface area contributed by atoms with Gasteiger partial charge in [-0.15, -0.1) is 11.3 Å². The first kappa shape index (κ1) is 25.0. The second kappa shape index (κ2) is 10.0. The van der Waals surface area contributed by atoms with Crippen molar-refractivity contribution in [2.24, 2.45) is 0 Å². The monoisotopic (exact) mass is 578 g/mol. The highest BCUT2D eigenvalue weighted by Crippen LogP contribution is 2.42. The van der Waals surface area contributed by atoms with Crippen LogP contribution >= 0.6 is 11.3 Å². The van der Waals surface area contributed by atoms with E-state index in [1.165, 1.54) is 53.9 Å². The predicted molar refractivity (Wildman–Crippen MR) is 187 cm³/mol. The molecule has 0 bridgehead atoms. The van der Waals surface area contributed by atoms with Crippen molar-refractivity contribution in [3.05, 3.63) is 157 Å². The molecule has 0 aliphatic carbocycles. The molecule has 9 aromatic rings. The summed E-state index contributed by atoms with van der Waals surface area (Å²) in [5.74, 6) is 0. The van der Waals surface area contributed by atoms with E-state index in [4.69, 9.17) is 5.10 Å². The Balaban J connectivity index is 1.33. The molecule has 2 nitrogen and oxygen atoms in total. The van der Waals surface area contributed by atoms with Gasteiger partial charge in [-0.25, -0.2) is 4.52 Å². The lowest BCUT2D eigenvalue weighted by molar-refractivity contribution is 0.982. The van der Waals surface area contributed by atoms with E-state index in [1.807, 2.05) is 0 Å². The predicted octanol–water partition coefficient (Wildman–Crippen LogP) is 11.5. The van der Waals surface area contributed by atoms with E-state index in [9.17, 15) is 0 Å². The summed E-state index contributed by atoms with van der Waals surface area (Å²) in [4.78, 5) is 1.20. The van der Waals surface area contributed by atoms with Gasteiger partial charge < -0.3 is 0 Å². The molecule has 206 valence electrons. The number of nitrogens with zero attached hydrogens (tertiary/aromatic N) is 2. The maximum absolute atomic E-state index is 5.42. The molecule has 3 heterocycles. The van der Waals surface area contributed by atoms with Crippen LogP contribution < -0.4 is 0 Å². The molecule has 0 unspecified atom stereocenters. The van der Waals surface area contributed by atoms with Gasteiger partial charge >= 0.3 is 0 Å². The molecule has 0 aliphatic rings. The molecule has 0 saturated heterocycles. The van der Waals surface area contributed by atoms with E-state index in [2.05, 4.69) is 162 Å².